The van der Waals surface area contributed by atoms with E-state index in [2.05, 4.69) is 42.8 Å². The van der Waals surface area contributed by atoms with Gasteiger partial charge in [-0.05, 0) is 30.7 Å². The number of hydrogen-bond acceptors (Lipinski definition) is 7. The molecular weight excluding hydrogens is 402 g/mol. The summed E-state index contributed by atoms with van der Waals surface area (Å²) in [6, 6.07) is 15.8. The van der Waals surface area contributed by atoms with Crippen LogP contribution in [0.25, 0.3) is 22.1 Å². The van der Waals surface area contributed by atoms with Crippen molar-refractivity contribution in [3.8, 4) is 5.88 Å². The van der Waals surface area contributed by atoms with Crippen LogP contribution in [0.5, 0.6) is 5.88 Å². The van der Waals surface area contributed by atoms with Gasteiger partial charge in [0.25, 0.3) is 0 Å². The van der Waals surface area contributed by atoms with Gasteiger partial charge in [0.2, 0.25) is 11.8 Å². The molecule has 8 heteroatoms. The first-order chi connectivity index (χ1) is 15.8. The van der Waals surface area contributed by atoms with Crippen LogP contribution < -0.4 is 10.1 Å². The quantitative estimate of drug-likeness (QED) is 0.378. The molecule has 0 atom stereocenters. The highest BCUT2D eigenvalue weighted by atomic mass is 16.5. The lowest BCUT2D eigenvalue weighted by molar-refractivity contribution is 0.292. The van der Waals surface area contributed by atoms with Gasteiger partial charge in [-0.2, -0.15) is 4.98 Å². The fourth-order valence-corrected chi connectivity index (χ4v) is 3.54. The van der Waals surface area contributed by atoms with Gasteiger partial charge in [-0.25, -0.2) is 9.97 Å². The normalized spacial score (nSPS) is 11.2. The molecule has 0 aliphatic rings. The molecule has 0 bridgehead atoms. The Morgan fingerprint density at radius 1 is 1.00 bits per heavy atom. The maximum absolute atomic E-state index is 5.96. The summed E-state index contributed by atoms with van der Waals surface area (Å²) in [6.07, 6.45) is 7.14. The highest BCUT2D eigenvalue weighted by Gasteiger charge is 2.17. The molecular formula is C24H23N7O. The number of ether oxygens (including phenoxy) is 1. The SMILES string of the molecule is CCCCn1c(Nc2cnc3ccccc3c2)nc2c(OCc3ccccn3)ncnc21. The van der Waals surface area contributed by atoms with Crippen molar-refractivity contribution in [3.63, 3.8) is 0 Å². The molecule has 0 radical (unpaired) electrons. The Balaban J connectivity index is 1.50. The predicted octanol–water partition coefficient (Wildman–Crippen LogP) is 4.89. The van der Waals surface area contributed by atoms with Crippen molar-refractivity contribution in [1.29, 1.82) is 0 Å². The molecule has 0 aliphatic heterocycles. The van der Waals surface area contributed by atoms with Gasteiger partial charge in [0.05, 0.1) is 23.1 Å². The minimum Gasteiger partial charge on any atom is -0.469 e. The van der Waals surface area contributed by atoms with Crippen LogP contribution in [0, 0.1) is 0 Å². The number of anilines is 2. The van der Waals surface area contributed by atoms with Crippen LogP contribution in [0.1, 0.15) is 25.5 Å². The molecule has 5 rings (SSSR count). The van der Waals surface area contributed by atoms with E-state index in [4.69, 9.17) is 9.72 Å². The molecule has 160 valence electrons. The maximum atomic E-state index is 5.96. The zero-order valence-electron chi connectivity index (χ0n) is 17.8. The second-order valence-corrected chi connectivity index (χ2v) is 7.44. The largest absolute Gasteiger partial charge is 0.469 e. The number of aryl methyl sites for hydroxylation is 1. The summed E-state index contributed by atoms with van der Waals surface area (Å²) in [6.45, 7) is 3.26. The average molecular weight is 425 g/mol. The Kier molecular flexibility index (Phi) is 5.57. The number of nitrogens with one attached hydrogen (secondary N) is 1. The van der Waals surface area contributed by atoms with Gasteiger partial charge >= 0.3 is 0 Å². The Labute approximate surface area is 185 Å². The molecule has 0 spiro atoms. The summed E-state index contributed by atoms with van der Waals surface area (Å²) in [5, 5.41) is 4.48. The summed E-state index contributed by atoms with van der Waals surface area (Å²) in [5.41, 5.74) is 4.00. The van der Waals surface area contributed by atoms with Gasteiger partial charge in [0.1, 0.15) is 12.9 Å². The van der Waals surface area contributed by atoms with E-state index in [0.29, 0.717) is 24.0 Å². The van der Waals surface area contributed by atoms with Gasteiger partial charge in [-0.3, -0.25) is 14.5 Å². The van der Waals surface area contributed by atoms with Crippen LogP contribution in [0.2, 0.25) is 0 Å². The molecule has 1 aromatic carbocycles. The standard InChI is InChI=1S/C24H23N7O/c1-2-3-12-31-22-21(23(28-16-27-22)32-15-18-9-6-7-11-25-18)30-24(31)29-19-13-17-8-4-5-10-20(17)26-14-19/h4-11,13-14,16H,2-3,12,15H2,1H3,(H,29,30). The topological polar surface area (TPSA) is 90.6 Å². The Bertz CT molecular complexity index is 1350. The zero-order valence-corrected chi connectivity index (χ0v) is 17.8. The summed E-state index contributed by atoms with van der Waals surface area (Å²) < 4.78 is 8.03. The molecule has 5 aromatic rings. The van der Waals surface area contributed by atoms with Gasteiger partial charge < -0.3 is 10.1 Å². The Morgan fingerprint density at radius 3 is 2.78 bits per heavy atom. The molecule has 32 heavy (non-hydrogen) atoms. The third-order valence-corrected chi connectivity index (χ3v) is 5.16. The highest BCUT2D eigenvalue weighted by molar-refractivity contribution is 5.84. The van der Waals surface area contributed by atoms with E-state index in [1.807, 2.05) is 48.7 Å². The van der Waals surface area contributed by atoms with Crippen LogP contribution in [-0.4, -0.2) is 29.5 Å². The predicted molar refractivity (Wildman–Crippen MR) is 124 cm³/mol. The van der Waals surface area contributed by atoms with Crippen molar-refractivity contribution in [2.75, 3.05) is 5.32 Å². The highest BCUT2D eigenvalue weighted by Crippen LogP contribution is 2.28. The third kappa shape index (κ3) is 4.07. The molecule has 4 heterocycles. The maximum Gasteiger partial charge on any atom is 0.245 e. The molecule has 4 aromatic heterocycles. The number of fused-ring (bicyclic) bond motifs is 2. The van der Waals surface area contributed by atoms with Gasteiger partial charge in [0.15, 0.2) is 11.2 Å². The van der Waals surface area contributed by atoms with Crippen molar-refractivity contribution < 1.29 is 4.74 Å². The van der Waals surface area contributed by atoms with E-state index in [0.717, 1.165) is 47.3 Å². The summed E-state index contributed by atoms with van der Waals surface area (Å²) in [4.78, 5) is 22.5. The van der Waals surface area contributed by atoms with Gasteiger partial charge in [-0.15, -0.1) is 0 Å². The van der Waals surface area contributed by atoms with Crippen LogP contribution in [0.4, 0.5) is 11.6 Å². The number of aromatic nitrogens is 6. The molecule has 1 N–H and O–H groups in total. The van der Waals surface area contributed by atoms with E-state index in [1.165, 1.54) is 6.33 Å². The van der Waals surface area contributed by atoms with Crippen LogP contribution in [0.15, 0.2) is 67.3 Å². The number of imidazole rings is 1. The monoisotopic (exact) mass is 425 g/mol. The lowest BCUT2D eigenvalue weighted by Crippen LogP contribution is -2.05. The Morgan fingerprint density at radius 2 is 1.91 bits per heavy atom. The number of nitrogens with zero attached hydrogens (tertiary/aromatic N) is 6. The van der Waals surface area contributed by atoms with Crippen LogP contribution in [0.3, 0.4) is 0 Å². The van der Waals surface area contributed by atoms with E-state index < -0.39 is 0 Å². The Hall–Kier alpha value is -4.07. The molecule has 0 saturated carbocycles. The zero-order chi connectivity index (χ0) is 21.8. The van der Waals surface area contributed by atoms with Crippen LogP contribution >= 0.6 is 0 Å². The second-order valence-electron chi connectivity index (χ2n) is 7.44. The lowest BCUT2D eigenvalue weighted by Gasteiger charge is -2.10. The number of benzene rings is 1. The molecule has 0 saturated heterocycles. The first-order valence-corrected chi connectivity index (χ1v) is 10.7. The molecule has 0 unspecified atom stereocenters. The second kappa shape index (κ2) is 8.97. The van der Waals surface area contributed by atoms with E-state index in [1.54, 1.807) is 6.20 Å². The lowest BCUT2D eigenvalue weighted by atomic mass is 10.2. The van der Waals surface area contributed by atoms with Crippen molar-refractivity contribution in [1.82, 2.24) is 29.5 Å². The number of rotatable bonds is 8. The van der Waals surface area contributed by atoms with Crippen LogP contribution in [-0.2, 0) is 13.2 Å². The molecule has 8 nitrogen and oxygen atoms in total. The van der Waals surface area contributed by atoms with Crippen molar-refractivity contribution in [2.24, 2.45) is 0 Å². The van der Waals surface area contributed by atoms with Gasteiger partial charge in [-0.1, -0.05) is 37.6 Å². The smallest absolute Gasteiger partial charge is 0.245 e. The third-order valence-electron chi connectivity index (χ3n) is 5.16. The van der Waals surface area contributed by atoms with Crippen molar-refractivity contribution >= 4 is 33.7 Å². The van der Waals surface area contributed by atoms with Gasteiger partial charge in [0, 0.05) is 18.1 Å². The number of pyridine rings is 2. The summed E-state index contributed by atoms with van der Waals surface area (Å²) in [7, 11) is 0. The average Bonchev–Trinajstić information content (AvgIpc) is 3.19. The summed E-state index contributed by atoms with van der Waals surface area (Å²) in [5.74, 6) is 1.13. The first kappa shape index (κ1) is 19.9. The minimum absolute atomic E-state index is 0.312. The number of unbranched alkanes of at least 4 members (excludes halogenated alkanes) is 1. The molecule has 0 fully saturated rings. The van der Waals surface area contributed by atoms with E-state index >= 15 is 0 Å². The molecule has 0 aliphatic carbocycles. The number of hydrogen-bond donors (Lipinski definition) is 1. The van der Waals surface area contributed by atoms with Crippen molar-refractivity contribution in [2.45, 2.75) is 32.9 Å². The summed E-state index contributed by atoms with van der Waals surface area (Å²) >= 11 is 0. The fourth-order valence-electron chi connectivity index (χ4n) is 3.54. The minimum atomic E-state index is 0.312. The van der Waals surface area contributed by atoms with E-state index in [9.17, 15) is 0 Å². The van der Waals surface area contributed by atoms with E-state index in [-0.39, 0.29) is 0 Å². The molecule has 0 amide bonds. The number of para-hydroxylation sites is 1. The fraction of sp³-hybridized carbons (Fsp3) is 0.208. The first-order valence-electron chi connectivity index (χ1n) is 10.7. The van der Waals surface area contributed by atoms with Crippen molar-refractivity contribution in [3.05, 3.63) is 72.9 Å².